The van der Waals surface area contributed by atoms with E-state index in [1.807, 2.05) is 0 Å². The van der Waals surface area contributed by atoms with Gasteiger partial charge in [-0.15, -0.1) is 0 Å². The summed E-state index contributed by atoms with van der Waals surface area (Å²) in [6.45, 7) is 0. The maximum Gasteiger partial charge on any atom is 0.416 e. The van der Waals surface area contributed by atoms with Crippen LogP contribution in [0.5, 0.6) is 5.75 Å². The average Bonchev–Trinajstić information content (AvgIpc) is 2.71. The summed E-state index contributed by atoms with van der Waals surface area (Å²) in [5.41, 5.74) is -3.64. The van der Waals surface area contributed by atoms with Crippen molar-refractivity contribution >= 4 is 11.9 Å². The first-order chi connectivity index (χ1) is 14.3. The minimum Gasteiger partial charge on any atom is -0.497 e. The molecule has 0 saturated heterocycles. The van der Waals surface area contributed by atoms with E-state index in [9.17, 15) is 35.9 Å². The second-order valence-electron chi connectivity index (χ2n) is 6.40. The van der Waals surface area contributed by atoms with E-state index in [1.54, 1.807) is 24.3 Å². The molecule has 0 saturated carbocycles. The van der Waals surface area contributed by atoms with Crippen molar-refractivity contribution in [3.8, 4) is 5.75 Å². The van der Waals surface area contributed by atoms with E-state index in [0.717, 1.165) is 7.11 Å². The van der Waals surface area contributed by atoms with Crippen LogP contribution in [0.2, 0.25) is 0 Å². The Hall–Kier alpha value is -3.24. The number of hydrogen-bond donors (Lipinski definition) is 1. The molecule has 0 bridgehead atoms. The first-order valence-corrected chi connectivity index (χ1v) is 8.66. The summed E-state index contributed by atoms with van der Waals surface area (Å²) in [5, 5.41) is 2.14. The predicted octanol–water partition coefficient (Wildman–Crippen LogP) is 4.25. The number of carbonyl (C=O) groups is 2. The molecule has 2 aromatic rings. The number of benzene rings is 2. The molecule has 1 amide bonds. The number of ether oxygens (including phenoxy) is 2. The highest BCUT2D eigenvalue weighted by Crippen LogP contribution is 2.36. The minimum atomic E-state index is -5.11. The van der Waals surface area contributed by atoms with Crippen LogP contribution in [0.1, 0.15) is 27.0 Å². The molecule has 0 spiro atoms. The molecule has 0 unspecified atom stereocenters. The van der Waals surface area contributed by atoms with Crippen LogP contribution < -0.4 is 10.1 Å². The Kier molecular flexibility index (Phi) is 7.19. The Balaban J connectivity index is 2.34. The zero-order valence-electron chi connectivity index (χ0n) is 16.2. The van der Waals surface area contributed by atoms with Gasteiger partial charge in [-0.05, 0) is 35.9 Å². The fourth-order valence-electron chi connectivity index (χ4n) is 2.66. The van der Waals surface area contributed by atoms with E-state index >= 15 is 0 Å². The minimum absolute atomic E-state index is 0.0913. The highest BCUT2D eigenvalue weighted by Gasteiger charge is 2.37. The van der Waals surface area contributed by atoms with Crippen molar-refractivity contribution in [1.82, 2.24) is 5.32 Å². The van der Waals surface area contributed by atoms with Gasteiger partial charge in [0, 0.05) is 12.0 Å². The van der Waals surface area contributed by atoms with E-state index in [-0.39, 0.29) is 24.6 Å². The summed E-state index contributed by atoms with van der Waals surface area (Å²) < 4.78 is 87.6. The third kappa shape index (κ3) is 6.37. The summed E-state index contributed by atoms with van der Waals surface area (Å²) in [4.78, 5) is 24.5. The van der Waals surface area contributed by atoms with Gasteiger partial charge in [-0.3, -0.25) is 4.79 Å². The monoisotopic (exact) mass is 449 g/mol. The third-order valence-electron chi connectivity index (χ3n) is 4.24. The maximum absolute atomic E-state index is 13.0. The molecule has 2 aromatic carbocycles. The highest BCUT2D eigenvalue weighted by molar-refractivity contribution is 5.97. The lowest BCUT2D eigenvalue weighted by molar-refractivity contribution is -0.144. The number of nitrogens with one attached hydrogen (secondary N) is 1. The third-order valence-corrected chi connectivity index (χ3v) is 4.24. The van der Waals surface area contributed by atoms with Gasteiger partial charge in [-0.2, -0.15) is 26.3 Å². The van der Waals surface area contributed by atoms with Gasteiger partial charge in [0.1, 0.15) is 11.8 Å². The van der Waals surface area contributed by atoms with Crippen LogP contribution in [0.3, 0.4) is 0 Å². The van der Waals surface area contributed by atoms with Crippen molar-refractivity contribution in [1.29, 1.82) is 0 Å². The molecule has 2 rings (SSSR count). The highest BCUT2D eigenvalue weighted by atomic mass is 19.4. The van der Waals surface area contributed by atoms with Gasteiger partial charge in [0.05, 0.1) is 25.3 Å². The quantitative estimate of drug-likeness (QED) is 0.529. The fourth-order valence-corrected chi connectivity index (χ4v) is 2.66. The normalized spacial score (nSPS) is 12.8. The Morgan fingerprint density at radius 1 is 0.903 bits per heavy atom. The number of halogens is 6. The molecule has 31 heavy (non-hydrogen) atoms. The lowest BCUT2D eigenvalue weighted by Gasteiger charge is -2.18. The maximum atomic E-state index is 13.0. The molecular weight excluding hydrogens is 432 g/mol. The van der Waals surface area contributed by atoms with E-state index in [0.29, 0.717) is 11.3 Å². The van der Waals surface area contributed by atoms with Gasteiger partial charge in [0.15, 0.2) is 0 Å². The van der Waals surface area contributed by atoms with Crippen molar-refractivity contribution in [3.63, 3.8) is 0 Å². The average molecular weight is 449 g/mol. The van der Waals surface area contributed by atoms with Gasteiger partial charge in [0.2, 0.25) is 0 Å². The molecule has 0 aliphatic rings. The molecule has 11 heteroatoms. The van der Waals surface area contributed by atoms with Crippen molar-refractivity contribution in [2.45, 2.75) is 24.8 Å². The first kappa shape index (κ1) is 24.0. The van der Waals surface area contributed by atoms with E-state index < -0.39 is 47.0 Å². The molecule has 0 aliphatic heterocycles. The van der Waals surface area contributed by atoms with Gasteiger partial charge in [-0.1, -0.05) is 12.1 Å². The van der Waals surface area contributed by atoms with Crippen LogP contribution in [0, 0.1) is 0 Å². The van der Waals surface area contributed by atoms with Gasteiger partial charge in [0.25, 0.3) is 5.91 Å². The summed E-state index contributed by atoms with van der Waals surface area (Å²) in [7, 11) is 2.47. The van der Waals surface area contributed by atoms with E-state index in [4.69, 9.17) is 4.74 Å². The van der Waals surface area contributed by atoms with Crippen molar-refractivity contribution in [3.05, 3.63) is 64.7 Å². The zero-order valence-corrected chi connectivity index (χ0v) is 16.2. The largest absolute Gasteiger partial charge is 0.497 e. The molecule has 0 heterocycles. The molecular formula is C20H17F6NO4. The van der Waals surface area contributed by atoms with Crippen LogP contribution in [-0.2, 0) is 28.3 Å². The number of hydrogen-bond acceptors (Lipinski definition) is 4. The predicted molar refractivity (Wildman–Crippen MR) is 96.4 cm³/mol. The SMILES string of the molecule is COC(=O)[C@@H](Cc1ccc(OC)cc1)NC(=O)c1cc(C(F)(F)F)cc(C(F)(F)F)c1. The number of rotatable bonds is 6. The Morgan fingerprint density at radius 2 is 1.42 bits per heavy atom. The molecule has 1 N–H and O–H groups in total. The van der Waals surface area contributed by atoms with Crippen molar-refractivity contribution in [2.24, 2.45) is 0 Å². The smallest absolute Gasteiger partial charge is 0.416 e. The van der Waals surface area contributed by atoms with Crippen LogP contribution in [-0.4, -0.2) is 32.1 Å². The lowest BCUT2D eigenvalue weighted by Crippen LogP contribution is -2.43. The number of methoxy groups -OCH3 is 2. The fraction of sp³-hybridized carbons (Fsp3) is 0.300. The summed E-state index contributed by atoms with van der Waals surface area (Å²) in [6.07, 6.45) is -10.3. The topological polar surface area (TPSA) is 64.6 Å². The summed E-state index contributed by atoms with van der Waals surface area (Å²) in [6, 6.07) is 5.43. The second kappa shape index (κ2) is 9.27. The molecule has 168 valence electrons. The lowest BCUT2D eigenvalue weighted by atomic mass is 10.0. The van der Waals surface area contributed by atoms with Crippen molar-refractivity contribution < 1.29 is 45.4 Å². The van der Waals surface area contributed by atoms with Gasteiger partial charge in [-0.25, -0.2) is 4.79 Å². The van der Waals surface area contributed by atoms with Gasteiger partial charge < -0.3 is 14.8 Å². The van der Waals surface area contributed by atoms with Crippen LogP contribution in [0.15, 0.2) is 42.5 Å². The van der Waals surface area contributed by atoms with Crippen molar-refractivity contribution in [2.75, 3.05) is 14.2 Å². The Morgan fingerprint density at radius 3 is 1.84 bits per heavy atom. The number of esters is 1. The second-order valence-corrected chi connectivity index (χ2v) is 6.40. The molecule has 0 aromatic heterocycles. The number of carbonyl (C=O) groups excluding carboxylic acids is 2. The van der Waals surface area contributed by atoms with Crippen LogP contribution in [0.4, 0.5) is 26.3 Å². The molecule has 1 atom stereocenters. The number of amides is 1. The standard InChI is InChI=1S/C20H17F6NO4/c1-30-15-5-3-11(4-6-15)7-16(18(29)31-2)27-17(28)12-8-13(19(21,22)23)10-14(9-12)20(24,25)26/h3-6,8-10,16H,7H2,1-2H3,(H,27,28)/t16-/m1/s1. The van der Waals surface area contributed by atoms with Gasteiger partial charge >= 0.3 is 18.3 Å². The zero-order chi connectivity index (χ0) is 23.4. The Labute approximate surface area is 173 Å². The molecule has 0 radical (unpaired) electrons. The molecule has 0 fully saturated rings. The Bertz CT molecular complexity index is 906. The summed E-state index contributed by atoms with van der Waals surface area (Å²) >= 11 is 0. The summed E-state index contributed by atoms with van der Waals surface area (Å²) in [5.74, 6) is -1.70. The molecule has 5 nitrogen and oxygen atoms in total. The van der Waals surface area contributed by atoms with Crippen LogP contribution >= 0.6 is 0 Å². The van der Waals surface area contributed by atoms with Crippen LogP contribution in [0.25, 0.3) is 0 Å². The van der Waals surface area contributed by atoms with E-state index in [2.05, 4.69) is 10.1 Å². The molecule has 0 aliphatic carbocycles. The first-order valence-electron chi connectivity index (χ1n) is 8.66. The number of alkyl halides is 6. The van der Waals surface area contributed by atoms with E-state index in [1.165, 1.54) is 7.11 Å².